The van der Waals surface area contributed by atoms with E-state index in [1.54, 1.807) is 0 Å². The number of nitrogens with zero attached hydrogens (tertiary/aromatic N) is 4. The first-order valence-electron chi connectivity index (χ1n) is 9.65. The molecule has 1 amide bonds. The van der Waals surface area contributed by atoms with Gasteiger partial charge in [-0.15, -0.1) is 10.2 Å². The van der Waals surface area contributed by atoms with Gasteiger partial charge in [0.15, 0.2) is 0 Å². The monoisotopic (exact) mass is 352 g/mol. The summed E-state index contributed by atoms with van der Waals surface area (Å²) in [6.45, 7) is 3.04. The van der Waals surface area contributed by atoms with Gasteiger partial charge in [-0.2, -0.15) is 0 Å². The molecule has 136 valence electrons. The molecule has 2 atom stereocenters. The lowest BCUT2D eigenvalue weighted by Crippen LogP contribution is -2.47. The Morgan fingerprint density at radius 1 is 0.962 bits per heavy atom. The number of carbonyl (C=O) groups excluding carboxylic acids is 1. The van der Waals surface area contributed by atoms with Crippen LogP contribution in [0.25, 0.3) is 0 Å². The van der Waals surface area contributed by atoms with Gasteiger partial charge in [0.05, 0.1) is 12.5 Å². The lowest BCUT2D eigenvalue weighted by molar-refractivity contribution is -0.140. The zero-order valence-electron chi connectivity index (χ0n) is 14.9. The quantitative estimate of drug-likeness (QED) is 0.828. The van der Waals surface area contributed by atoms with Crippen molar-refractivity contribution in [2.75, 3.05) is 13.1 Å². The van der Waals surface area contributed by atoms with E-state index >= 15 is 0 Å². The minimum Gasteiger partial charge on any atom is -0.424 e. The molecule has 4 fully saturated rings. The van der Waals surface area contributed by atoms with Gasteiger partial charge in [0.2, 0.25) is 17.7 Å². The van der Waals surface area contributed by atoms with E-state index in [-0.39, 0.29) is 12.0 Å². The van der Waals surface area contributed by atoms with Gasteiger partial charge < -0.3 is 9.32 Å². The highest BCUT2D eigenvalue weighted by atomic mass is 16.4. The van der Waals surface area contributed by atoms with E-state index in [2.05, 4.69) is 32.1 Å². The number of benzene rings is 1. The highest BCUT2D eigenvalue weighted by Crippen LogP contribution is 2.39. The van der Waals surface area contributed by atoms with Crippen LogP contribution in [0.4, 0.5) is 0 Å². The first-order chi connectivity index (χ1) is 12.8. The fraction of sp³-hybridized carbons (Fsp3) is 0.550. The number of aromatic nitrogens is 2. The fourth-order valence-corrected chi connectivity index (χ4v) is 4.26. The third-order valence-corrected chi connectivity index (χ3v) is 5.83. The highest BCUT2D eigenvalue weighted by Gasteiger charge is 2.41. The molecule has 1 aromatic heterocycles. The summed E-state index contributed by atoms with van der Waals surface area (Å²) < 4.78 is 5.83. The number of piperidine rings is 1. The Hall–Kier alpha value is -2.21. The van der Waals surface area contributed by atoms with Crippen LogP contribution in [-0.4, -0.2) is 45.0 Å². The van der Waals surface area contributed by atoms with Gasteiger partial charge >= 0.3 is 0 Å². The maximum absolute atomic E-state index is 13.0. The van der Waals surface area contributed by atoms with Crippen LogP contribution in [-0.2, 0) is 17.9 Å². The SMILES string of the molecule is O=C1[C@H]2CC[C@H](CN(Cc3nnc(C4CC4)o3)C2)N1Cc1ccccc1. The van der Waals surface area contributed by atoms with Crippen LogP contribution in [0, 0.1) is 5.92 Å². The highest BCUT2D eigenvalue weighted by molar-refractivity contribution is 5.80. The molecule has 0 unspecified atom stereocenters. The molecule has 2 aromatic rings. The second kappa shape index (κ2) is 6.50. The summed E-state index contributed by atoms with van der Waals surface area (Å²) in [5.41, 5.74) is 1.20. The van der Waals surface area contributed by atoms with Gasteiger partial charge in [0.25, 0.3) is 0 Å². The van der Waals surface area contributed by atoms with Crippen molar-refractivity contribution >= 4 is 5.91 Å². The Morgan fingerprint density at radius 2 is 1.77 bits per heavy atom. The van der Waals surface area contributed by atoms with E-state index in [0.29, 0.717) is 30.8 Å². The van der Waals surface area contributed by atoms with E-state index in [1.807, 2.05) is 18.2 Å². The van der Waals surface area contributed by atoms with E-state index in [1.165, 1.54) is 18.4 Å². The van der Waals surface area contributed by atoms with Crippen molar-refractivity contribution < 1.29 is 9.21 Å². The number of rotatable bonds is 5. The minimum atomic E-state index is 0.0864. The second-order valence-corrected chi connectivity index (χ2v) is 7.88. The predicted octanol–water partition coefficient (Wildman–Crippen LogP) is 2.57. The molecule has 4 aliphatic rings. The molecule has 2 bridgehead atoms. The third-order valence-electron chi connectivity index (χ3n) is 5.83. The average molecular weight is 352 g/mol. The Balaban J connectivity index is 1.30. The largest absolute Gasteiger partial charge is 0.424 e. The van der Waals surface area contributed by atoms with Gasteiger partial charge in [-0.1, -0.05) is 30.3 Å². The maximum Gasteiger partial charge on any atom is 0.230 e. The normalized spacial score (nSPS) is 26.3. The van der Waals surface area contributed by atoms with Crippen molar-refractivity contribution in [1.82, 2.24) is 20.0 Å². The summed E-state index contributed by atoms with van der Waals surface area (Å²) >= 11 is 0. The first-order valence-corrected chi connectivity index (χ1v) is 9.65. The van der Waals surface area contributed by atoms with E-state index < -0.39 is 0 Å². The minimum absolute atomic E-state index is 0.0864. The zero-order chi connectivity index (χ0) is 17.5. The van der Waals surface area contributed by atoms with Crippen molar-refractivity contribution in [3.8, 4) is 0 Å². The lowest BCUT2D eigenvalue weighted by Gasteiger charge is -2.36. The molecule has 0 spiro atoms. The Labute approximate surface area is 153 Å². The molecule has 0 radical (unpaired) electrons. The Morgan fingerprint density at radius 3 is 2.58 bits per heavy atom. The van der Waals surface area contributed by atoms with Crippen molar-refractivity contribution in [1.29, 1.82) is 0 Å². The van der Waals surface area contributed by atoms with Gasteiger partial charge in [-0.05, 0) is 31.2 Å². The summed E-state index contributed by atoms with van der Waals surface area (Å²) in [7, 11) is 0. The Bertz CT molecular complexity index is 786. The summed E-state index contributed by atoms with van der Waals surface area (Å²) in [4.78, 5) is 17.4. The average Bonchev–Trinajstić information content (AvgIpc) is 3.44. The van der Waals surface area contributed by atoms with Crippen LogP contribution in [0.1, 0.15) is 48.9 Å². The number of hydrogen-bond donors (Lipinski definition) is 0. The number of carbonyl (C=O) groups is 1. The molecule has 1 saturated carbocycles. The predicted molar refractivity (Wildman–Crippen MR) is 95.1 cm³/mol. The van der Waals surface area contributed by atoms with Gasteiger partial charge in [-0.25, -0.2) is 0 Å². The van der Waals surface area contributed by atoms with Gasteiger partial charge in [0, 0.05) is 31.6 Å². The molecule has 6 rings (SSSR count). The topological polar surface area (TPSA) is 62.5 Å². The number of fused-ring (bicyclic) bond motifs is 4. The van der Waals surface area contributed by atoms with Crippen LogP contribution in [0.15, 0.2) is 34.7 Å². The van der Waals surface area contributed by atoms with Crippen molar-refractivity contribution in [3.63, 3.8) is 0 Å². The molecule has 6 nitrogen and oxygen atoms in total. The molecule has 3 saturated heterocycles. The molecular weight excluding hydrogens is 328 g/mol. The van der Waals surface area contributed by atoms with Crippen LogP contribution >= 0.6 is 0 Å². The molecule has 0 N–H and O–H groups in total. The van der Waals surface area contributed by atoms with E-state index in [0.717, 1.165) is 31.8 Å². The van der Waals surface area contributed by atoms with Gasteiger partial charge in [-0.3, -0.25) is 9.69 Å². The van der Waals surface area contributed by atoms with Crippen molar-refractivity contribution in [3.05, 3.63) is 47.7 Å². The molecule has 3 aliphatic heterocycles. The van der Waals surface area contributed by atoms with Crippen LogP contribution in [0.3, 0.4) is 0 Å². The van der Waals surface area contributed by atoms with Crippen LogP contribution in [0.5, 0.6) is 0 Å². The molecule has 26 heavy (non-hydrogen) atoms. The summed E-state index contributed by atoms with van der Waals surface area (Å²) in [6.07, 6.45) is 4.40. The van der Waals surface area contributed by atoms with Crippen LogP contribution < -0.4 is 0 Å². The number of amides is 1. The third kappa shape index (κ3) is 3.14. The first kappa shape index (κ1) is 16.0. The zero-order valence-corrected chi connectivity index (χ0v) is 14.9. The smallest absolute Gasteiger partial charge is 0.230 e. The standard InChI is InChI=1S/C20H24N4O2/c25-20-16-8-9-17(24(20)10-14-4-2-1-3-5-14)12-23(11-16)13-18-21-22-19(26-18)15-6-7-15/h1-5,15-17H,6-13H2/t16-,17+/m0/s1. The summed E-state index contributed by atoms with van der Waals surface area (Å²) in [5.74, 6) is 2.36. The summed E-state index contributed by atoms with van der Waals surface area (Å²) in [5, 5.41) is 8.41. The molecule has 1 aliphatic carbocycles. The molecular formula is C20H24N4O2. The molecule has 1 aromatic carbocycles. The lowest BCUT2D eigenvalue weighted by atomic mass is 9.93. The molecule has 4 heterocycles. The Kier molecular flexibility index (Phi) is 4.00. The van der Waals surface area contributed by atoms with E-state index in [4.69, 9.17) is 4.42 Å². The van der Waals surface area contributed by atoms with Gasteiger partial charge in [0.1, 0.15) is 0 Å². The number of hydrogen-bond acceptors (Lipinski definition) is 5. The maximum atomic E-state index is 13.0. The van der Waals surface area contributed by atoms with E-state index in [9.17, 15) is 4.79 Å². The molecule has 6 heteroatoms. The fourth-order valence-electron chi connectivity index (χ4n) is 4.26. The van der Waals surface area contributed by atoms with Crippen molar-refractivity contribution in [2.24, 2.45) is 5.92 Å². The summed E-state index contributed by atoms with van der Waals surface area (Å²) in [6, 6.07) is 10.6. The van der Waals surface area contributed by atoms with Crippen molar-refractivity contribution in [2.45, 2.75) is 50.7 Å². The van der Waals surface area contributed by atoms with Crippen LogP contribution in [0.2, 0.25) is 0 Å². The second-order valence-electron chi connectivity index (χ2n) is 7.88.